The Balaban J connectivity index is 1.91. The van der Waals surface area contributed by atoms with Crippen molar-refractivity contribution in [2.24, 2.45) is 4.99 Å². The maximum Gasteiger partial charge on any atom is 0.113 e. The number of hydrogen-bond donors (Lipinski definition) is 1. The van der Waals surface area contributed by atoms with Crippen LogP contribution in [0.25, 0.3) is 10.1 Å². The lowest BCUT2D eigenvalue weighted by Crippen LogP contribution is -2.19. The van der Waals surface area contributed by atoms with E-state index in [0.717, 1.165) is 23.1 Å². The summed E-state index contributed by atoms with van der Waals surface area (Å²) < 4.78 is 2.42. The van der Waals surface area contributed by atoms with Crippen LogP contribution in [0, 0.1) is 0 Å². The number of rotatable bonds is 3. The molecule has 2 heterocycles. The van der Waals surface area contributed by atoms with Crippen LogP contribution >= 0.6 is 27.3 Å². The Kier molecular flexibility index (Phi) is 3.95. The SMILES string of the molecule is CCCC1=NC(c2ccccc2)c2sc3ccc(Br)cc3c2N1. The number of aliphatic imine (C=N–C) groups is 1. The highest BCUT2D eigenvalue weighted by Gasteiger charge is 2.26. The molecule has 1 N–H and O–H groups in total. The second kappa shape index (κ2) is 6.10. The number of anilines is 1. The van der Waals surface area contributed by atoms with Gasteiger partial charge in [0.15, 0.2) is 0 Å². The first-order valence-electron chi connectivity index (χ1n) is 7.87. The first kappa shape index (κ1) is 14.9. The van der Waals surface area contributed by atoms with Crippen LogP contribution in [-0.4, -0.2) is 5.84 Å². The van der Waals surface area contributed by atoms with Crippen LogP contribution in [0.4, 0.5) is 5.69 Å². The van der Waals surface area contributed by atoms with Gasteiger partial charge in [0.2, 0.25) is 0 Å². The van der Waals surface area contributed by atoms with Crippen molar-refractivity contribution >= 4 is 48.9 Å². The standard InChI is InChI=1S/C19H17BrN2S/c1-2-6-16-21-17(12-7-4-3-5-8-12)19-18(22-16)14-11-13(20)9-10-15(14)23-19/h3-5,7-11,17H,2,6H2,1H3,(H,21,22). The van der Waals surface area contributed by atoms with Crippen LogP contribution in [0.1, 0.15) is 36.2 Å². The van der Waals surface area contributed by atoms with Gasteiger partial charge in [-0.25, -0.2) is 0 Å². The van der Waals surface area contributed by atoms with E-state index >= 15 is 0 Å². The number of nitrogens with one attached hydrogen (secondary N) is 1. The molecule has 4 heteroatoms. The maximum atomic E-state index is 5.01. The fourth-order valence-electron chi connectivity index (χ4n) is 3.03. The molecule has 4 rings (SSSR count). The van der Waals surface area contributed by atoms with Crippen LogP contribution in [-0.2, 0) is 0 Å². The van der Waals surface area contributed by atoms with E-state index in [1.165, 1.54) is 26.2 Å². The molecule has 0 fully saturated rings. The van der Waals surface area contributed by atoms with Gasteiger partial charge in [0.1, 0.15) is 11.9 Å². The van der Waals surface area contributed by atoms with E-state index in [2.05, 4.69) is 76.7 Å². The van der Waals surface area contributed by atoms with E-state index < -0.39 is 0 Å². The van der Waals surface area contributed by atoms with Gasteiger partial charge in [-0.2, -0.15) is 0 Å². The number of nitrogens with zero attached hydrogens (tertiary/aromatic N) is 1. The average molecular weight is 385 g/mol. The Morgan fingerprint density at radius 1 is 1.17 bits per heavy atom. The molecule has 0 saturated heterocycles. The first-order valence-corrected chi connectivity index (χ1v) is 9.48. The van der Waals surface area contributed by atoms with Gasteiger partial charge < -0.3 is 5.32 Å². The van der Waals surface area contributed by atoms with Crippen molar-refractivity contribution in [1.82, 2.24) is 0 Å². The van der Waals surface area contributed by atoms with Gasteiger partial charge in [-0.3, -0.25) is 4.99 Å². The van der Waals surface area contributed by atoms with Crippen molar-refractivity contribution in [2.45, 2.75) is 25.8 Å². The third-order valence-electron chi connectivity index (χ3n) is 4.08. The van der Waals surface area contributed by atoms with E-state index in [1.54, 1.807) is 0 Å². The van der Waals surface area contributed by atoms with Crippen LogP contribution < -0.4 is 5.32 Å². The van der Waals surface area contributed by atoms with Crippen molar-refractivity contribution in [2.75, 3.05) is 5.32 Å². The molecule has 0 bridgehead atoms. The molecule has 1 atom stereocenters. The lowest BCUT2D eigenvalue weighted by molar-refractivity contribution is 0.862. The molecule has 1 aromatic heterocycles. The molecule has 0 aliphatic carbocycles. The summed E-state index contributed by atoms with van der Waals surface area (Å²) in [5.41, 5.74) is 2.49. The van der Waals surface area contributed by atoms with Gasteiger partial charge in [0, 0.05) is 21.0 Å². The maximum absolute atomic E-state index is 5.01. The fourth-order valence-corrected chi connectivity index (χ4v) is 4.59. The number of hydrogen-bond acceptors (Lipinski definition) is 3. The van der Waals surface area contributed by atoms with Crippen molar-refractivity contribution in [3.8, 4) is 0 Å². The molecule has 1 unspecified atom stereocenters. The highest BCUT2D eigenvalue weighted by molar-refractivity contribution is 9.10. The zero-order chi connectivity index (χ0) is 15.8. The Bertz CT molecular complexity index is 883. The molecule has 0 saturated carbocycles. The molecular formula is C19H17BrN2S. The Morgan fingerprint density at radius 2 is 2.00 bits per heavy atom. The van der Waals surface area contributed by atoms with Crippen LogP contribution in [0.5, 0.6) is 0 Å². The molecule has 1 aliphatic rings. The van der Waals surface area contributed by atoms with Crippen LogP contribution in [0.2, 0.25) is 0 Å². The molecule has 1 aliphatic heterocycles. The zero-order valence-corrected chi connectivity index (χ0v) is 15.2. The predicted octanol–water partition coefficient (Wildman–Crippen LogP) is 6.38. The summed E-state index contributed by atoms with van der Waals surface area (Å²) in [6.45, 7) is 2.19. The summed E-state index contributed by atoms with van der Waals surface area (Å²) in [5, 5.41) is 4.87. The van der Waals surface area contributed by atoms with Crippen molar-refractivity contribution in [3.05, 3.63) is 63.4 Å². The summed E-state index contributed by atoms with van der Waals surface area (Å²) >= 11 is 5.44. The van der Waals surface area contributed by atoms with Crippen LogP contribution in [0.15, 0.2) is 58.0 Å². The van der Waals surface area contributed by atoms with Gasteiger partial charge in [0.05, 0.1) is 10.6 Å². The third-order valence-corrected chi connectivity index (χ3v) is 5.80. The molecule has 2 aromatic carbocycles. The largest absolute Gasteiger partial charge is 0.343 e. The van der Waals surface area contributed by atoms with Gasteiger partial charge in [-0.05, 0) is 30.2 Å². The lowest BCUT2D eigenvalue weighted by atomic mass is 10.0. The number of amidine groups is 1. The van der Waals surface area contributed by atoms with Crippen molar-refractivity contribution in [1.29, 1.82) is 0 Å². The topological polar surface area (TPSA) is 24.4 Å². The summed E-state index contributed by atoms with van der Waals surface area (Å²) in [7, 11) is 0. The highest BCUT2D eigenvalue weighted by Crippen LogP contribution is 2.46. The third kappa shape index (κ3) is 2.70. The normalized spacial score (nSPS) is 16.8. The lowest BCUT2D eigenvalue weighted by Gasteiger charge is -2.23. The van der Waals surface area contributed by atoms with E-state index in [-0.39, 0.29) is 6.04 Å². The second-order valence-electron chi connectivity index (χ2n) is 5.75. The van der Waals surface area contributed by atoms with E-state index in [0.29, 0.717) is 0 Å². The minimum atomic E-state index is 0.102. The van der Waals surface area contributed by atoms with Gasteiger partial charge in [0.25, 0.3) is 0 Å². The number of halogens is 1. The Labute approximate surface area is 148 Å². The van der Waals surface area contributed by atoms with Crippen LogP contribution in [0.3, 0.4) is 0 Å². The Hall–Kier alpha value is -1.65. The zero-order valence-electron chi connectivity index (χ0n) is 12.8. The van der Waals surface area contributed by atoms with Crippen molar-refractivity contribution in [3.63, 3.8) is 0 Å². The smallest absolute Gasteiger partial charge is 0.113 e. The monoisotopic (exact) mass is 384 g/mol. The van der Waals surface area contributed by atoms with Gasteiger partial charge in [-0.15, -0.1) is 11.3 Å². The predicted molar refractivity (Wildman–Crippen MR) is 104 cm³/mol. The summed E-state index contributed by atoms with van der Waals surface area (Å²) in [4.78, 5) is 6.31. The summed E-state index contributed by atoms with van der Waals surface area (Å²) in [6, 6.07) is 17.2. The minimum absolute atomic E-state index is 0.102. The number of fused-ring (bicyclic) bond motifs is 3. The molecule has 23 heavy (non-hydrogen) atoms. The molecule has 3 aromatic rings. The van der Waals surface area contributed by atoms with Gasteiger partial charge >= 0.3 is 0 Å². The fraction of sp³-hybridized carbons (Fsp3) is 0.211. The molecule has 0 amide bonds. The first-order chi connectivity index (χ1) is 11.3. The molecule has 0 radical (unpaired) electrons. The number of thiophene rings is 1. The summed E-state index contributed by atoms with van der Waals surface area (Å²) in [6.07, 6.45) is 2.07. The van der Waals surface area contributed by atoms with Gasteiger partial charge in [-0.1, -0.05) is 53.2 Å². The van der Waals surface area contributed by atoms with E-state index in [4.69, 9.17) is 4.99 Å². The minimum Gasteiger partial charge on any atom is -0.343 e. The average Bonchev–Trinajstić information content (AvgIpc) is 2.93. The Morgan fingerprint density at radius 3 is 2.78 bits per heavy atom. The quantitative estimate of drug-likeness (QED) is 0.556. The highest BCUT2D eigenvalue weighted by atomic mass is 79.9. The second-order valence-corrected chi connectivity index (χ2v) is 7.75. The molecular weight excluding hydrogens is 368 g/mol. The number of benzene rings is 2. The molecule has 116 valence electrons. The van der Waals surface area contributed by atoms with E-state index in [1.807, 2.05) is 11.3 Å². The summed E-state index contributed by atoms with van der Waals surface area (Å²) in [5.74, 6) is 1.09. The molecule has 0 spiro atoms. The molecule has 2 nitrogen and oxygen atoms in total. The van der Waals surface area contributed by atoms with E-state index in [9.17, 15) is 0 Å². The van der Waals surface area contributed by atoms with Crippen molar-refractivity contribution < 1.29 is 0 Å².